The van der Waals surface area contributed by atoms with E-state index in [0.29, 0.717) is 48.6 Å². The molecule has 4 fully saturated rings. The van der Waals surface area contributed by atoms with Gasteiger partial charge in [-0.3, -0.25) is 24.7 Å². The molecule has 0 unspecified atom stereocenters. The Balaban J connectivity index is 0.830. The minimum atomic E-state index is -4.59. The van der Waals surface area contributed by atoms with Gasteiger partial charge in [-0.1, -0.05) is 44.2 Å². The number of carbonyl (C=O) groups is 1. The van der Waals surface area contributed by atoms with Crippen LogP contribution in [0.2, 0.25) is 0 Å². The first-order chi connectivity index (χ1) is 35.5. The van der Waals surface area contributed by atoms with Crippen LogP contribution in [0.3, 0.4) is 0 Å². The monoisotopic (exact) mass is 1030 g/mol. The number of ether oxygens (including phenoxy) is 2. The van der Waals surface area contributed by atoms with Crippen LogP contribution in [0.1, 0.15) is 111 Å². The van der Waals surface area contributed by atoms with Gasteiger partial charge >= 0.3 is 0 Å². The van der Waals surface area contributed by atoms with Crippen molar-refractivity contribution in [2.45, 2.75) is 107 Å². The number of aliphatic hydroxyl groups is 1. The predicted octanol–water partition coefficient (Wildman–Crippen LogP) is 9.57. The highest BCUT2D eigenvalue weighted by Crippen LogP contribution is 2.53. The molecule has 2 saturated carbocycles. The first kappa shape index (κ1) is 50.9. The van der Waals surface area contributed by atoms with Crippen LogP contribution in [0, 0.1) is 21.4 Å². The van der Waals surface area contributed by atoms with Crippen LogP contribution in [-0.4, -0.2) is 107 Å². The zero-order valence-electron chi connectivity index (χ0n) is 42.6. The molecule has 3 aromatic heterocycles. The molecule has 0 bridgehead atoms. The number of fused-ring (bicyclic) bond motifs is 1. The standard InChI is InChI=1S/C56H67N9O8S/c1-37(2)45-7-5-6-8-46(45)50-36-62(35-39-9-14-52(72-4)59-33-39)25-26-64(50)42-30-56(31-42)20-23-63(24-21-56)41-10-12-47(51(28-41)73-43-27-40-17-22-57-53(40)60-34-43)54(66)61-74(70,71)44-11-13-48(49(29-44)65(68)69)58-32-38-15-18-55(3,67)19-16-38/h5-14,17,22,27-29,33-34,37-38,42,50,58,67H,15-16,18-21,23-26,30-32,35-36H2,1-4H3,(H,57,60)(H,61,66)/t38-,50-,55-/m0/s1. The normalized spacial score (nSPS) is 21.6. The molecule has 5 heterocycles. The first-order valence-electron chi connectivity index (χ1n) is 25.9. The van der Waals surface area contributed by atoms with Gasteiger partial charge in [0.2, 0.25) is 5.88 Å². The highest BCUT2D eigenvalue weighted by Gasteiger charge is 2.50. The third-order valence-corrected chi connectivity index (χ3v) is 17.5. The lowest BCUT2D eigenvalue weighted by molar-refractivity contribution is -0.384. The number of carbonyl (C=O) groups excluding carboxylic acids is 1. The summed E-state index contributed by atoms with van der Waals surface area (Å²) in [7, 11) is -2.95. The van der Waals surface area contributed by atoms with E-state index in [1.807, 2.05) is 31.3 Å². The third kappa shape index (κ3) is 11.1. The van der Waals surface area contributed by atoms with Crippen molar-refractivity contribution < 1.29 is 32.7 Å². The van der Waals surface area contributed by atoms with Crippen molar-refractivity contribution in [3.8, 4) is 17.4 Å². The van der Waals surface area contributed by atoms with E-state index in [1.165, 1.54) is 28.8 Å². The number of hydrogen-bond donors (Lipinski definition) is 4. The number of nitrogens with one attached hydrogen (secondary N) is 3. The average molecular weight is 1030 g/mol. The number of hydrogen-bond acceptors (Lipinski definition) is 14. The summed E-state index contributed by atoms with van der Waals surface area (Å²) in [5.74, 6) is 0.766. The molecule has 0 radical (unpaired) electrons. The van der Waals surface area contributed by atoms with E-state index in [4.69, 9.17) is 9.47 Å². The number of nitrogens with zero attached hydrogens (tertiary/aromatic N) is 6. The number of sulfonamides is 1. The fraction of sp³-hybridized carbons (Fsp3) is 0.446. The molecule has 1 spiro atoms. The number of amides is 1. The van der Waals surface area contributed by atoms with Crippen LogP contribution in [0.25, 0.3) is 11.0 Å². The average Bonchev–Trinajstić information content (AvgIpc) is 3.86. The molecule has 1 atom stereocenters. The molecule has 2 aliphatic heterocycles. The number of benzene rings is 3. The molecule has 6 aromatic rings. The van der Waals surface area contributed by atoms with Crippen molar-refractivity contribution in [1.82, 2.24) is 29.5 Å². The molecule has 10 rings (SSSR count). The van der Waals surface area contributed by atoms with Gasteiger partial charge in [-0.25, -0.2) is 23.1 Å². The summed E-state index contributed by atoms with van der Waals surface area (Å²) in [6.07, 6.45) is 12.3. The number of piperidine rings is 1. The topological polar surface area (TPSA) is 208 Å². The second kappa shape index (κ2) is 21.0. The third-order valence-electron chi connectivity index (χ3n) is 16.2. The zero-order chi connectivity index (χ0) is 51.8. The Morgan fingerprint density at radius 2 is 1.73 bits per heavy atom. The number of aromatic amines is 1. The maximum absolute atomic E-state index is 14.1. The molecule has 390 valence electrons. The molecule has 2 aliphatic carbocycles. The zero-order valence-corrected chi connectivity index (χ0v) is 43.4. The molecule has 2 saturated heterocycles. The van der Waals surface area contributed by atoms with Gasteiger partial charge in [0.05, 0.1) is 34.3 Å². The van der Waals surface area contributed by atoms with Gasteiger partial charge < -0.3 is 29.8 Å². The van der Waals surface area contributed by atoms with Crippen molar-refractivity contribution in [3.05, 3.63) is 136 Å². The van der Waals surface area contributed by atoms with Crippen molar-refractivity contribution in [2.24, 2.45) is 11.3 Å². The van der Waals surface area contributed by atoms with Crippen LogP contribution >= 0.6 is 0 Å². The Bertz CT molecular complexity index is 3100. The number of nitro groups is 1. The second-order valence-corrected chi connectivity index (χ2v) is 23.3. The van der Waals surface area contributed by atoms with Gasteiger partial charge in [0, 0.05) is 99.6 Å². The van der Waals surface area contributed by atoms with E-state index in [0.717, 1.165) is 94.9 Å². The van der Waals surface area contributed by atoms with E-state index in [-0.39, 0.29) is 34.4 Å². The molecule has 74 heavy (non-hydrogen) atoms. The van der Waals surface area contributed by atoms with Crippen molar-refractivity contribution in [1.29, 1.82) is 0 Å². The van der Waals surface area contributed by atoms with E-state index in [1.54, 1.807) is 37.7 Å². The molecule has 17 nitrogen and oxygen atoms in total. The molecule has 3 aromatic carbocycles. The molecule has 1 amide bonds. The van der Waals surface area contributed by atoms with E-state index < -0.39 is 37.0 Å². The number of methoxy groups -OCH3 is 1. The molecular formula is C56H67N9O8S. The minimum absolute atomic E-state index is 0.0320. The summed E-state index contributed by atoms with van der Waals surface area (Å²) in [4.78, 5) is 44.9. The highest BCUT2D eigenvalue weighted by molar-refractivity contribution is 7.90. The molecular weight excluding hydrogens is 959 g/mol. The Hall–Kier alpha value is -6.60. The maximum atomic E-state index is 14.1. The lowest BCUT2D eigenvalue weighted by atomic mass is 9.59. The molecule has 4 N–H and O–H groups in total. The summed E-state index contributed by atoms with van der Waals surface area (Å²) < 4.78 is 41.6. The minimum Gasteiger partial charge on any atom is -0.481 e. The highest BCUT2D eigenvalue weighted by atomic mass is 32.2. The quantitative estimate of drug-likeness (QED) is 0.0526. The number of H-pyrrole nitrogens is 1. The van der Waals surface area contributed by atoms with Crippen LogP contribution < -0.4 is 24.4 Å². The van der Waals surface area contributed by atoms with Crippen LogP contribution in [0.4, 0.5) is 17.1 Å². The van der Waals surface area contributed by atoms with Crippen LogP contribution in [0.5, 0.6) is 17.4 Å². The summed E-state index contributed by atoms with van der Waals surface area (Å²) in [5, 5.41) is 26.5. The Labute approximate surface area is 432 Å². The number of pyridine rings is 2. The van der Waals surface area contributed by atoms with Crippen LogP contribution in [0.15, 0.2) is 108 Å². The van der Waals surface area contributed by atoms with E-state index >= 15 is 0 Å². The second-order valence-electron chi connectivity index (χ2n) is 21.6. The van der Waals surface area contributed by atoms with Crippen molar-refractivity contribution in [2.75, 3.05) is 56.6 Å². The number of anilines is 2. The molecule has 18 heteroatoms. The number of rotatable bonds is 16. The number of nitro benzene ring substituents is 1. The SMILES string of the molecule is COc1ccc(CN2CCN(C3CC4(CCN(c5ccc(C(=O)NS(=O)(=O)c6ccc(NC[C@H]7CC[C@](C)(O)CC7)c([N+](=O)[O-])c6)c(Oc6cnc7[nH]ccc7c6)c5)CC4)C3)[C@H](c3ccccc3C(C)C)C2)cn1. The number of aromatic nitrogens is 3. The fourth-order valence-electron chi connectivity index (χ4n) is 11.8. The van der Waals surface area contributed by atoms with Gasteiger partial charge in [-0.05, 0) is 129 Å². The van der Waals surface area contributed by atoms with E-state index in [2.05, 4.69) is 83.9 Å². The maximum Gasteiger partial charge on any atom is 0.293 e. The largest absolute Gasteiger partial charge is 0.481 e. The number of piperazine rings is 1. The summed E-state index contributed by atoms with van der Waals surface area (Å²) in [6.45, 7) is 12.2. The van der Waals surface area contributed by atoms with Crippen molar-refractivity contribution in [3.63, 3.8) is 0 Å². The lowest BCUT2D eigenvalue weighted by Gasteiger charge is -2.58. The Kier molecular flexibility index (Phi) is 14.4. The van der Waals surface area contributed by atoms with Gasteiger partial charge in [0.1, 0.15) is 22.8 Å². The predicted molar refractivity (Wildman–Crippen MR) is 284 cm³/mol. The Morgan fingerprint density at radius 1 is 0.946 bits per heavy atom. The van der Waals surface area contributed by atoms with Crippen molar-refractivity contribution >= 4 is 44.0 Å². The van der Waals surface area contributed by atoms with Crippen LogP contribution in [-0.2, 0) is 16.6 Å². The first-order valence-corrected chi connectivity index (χ1v) is 27.4. The smallest absolute Gasteiger partial charge is 0.293 e. The van der Waals surface area contributed by atoms with E-state index in [9.17, 15) is 28.4 Å². The summed E-state index contributed by atoms with van der Waals surface area (Å²) in [6, 6.07) is 26.1. The summed E-state index contributed by atoms with van der Waals surface area (Å²) in [5.41, 5.74) is 4.71. The summed E-state index contributed by atoms with van der Waals surface area (Å²) >= 11 is 0. The Morgan fingerprint density at radius 3 is 2.46 bits per heavy atom. The fourth-order valence-corrected chi connectivity index (χ4v) is 12.8. The van der Waals surface area contributed by atoms with Gasteiger partial charge in [0.15, 0.2) is 0 Å². The molecule has 4 aliphatic rings. The van der Waals surface area contributed by atoms with Gasteiger partial charge in [-0.2, -0.15) is 0 Å². The lowest BCUT2D eigenvalue weighted by Crippen LogP contribution is -2.60. The van der Waals surface area contributed by atoms with Gasteiger partial charge in [-0.15, -0.1) is 0 Å². The van der Waals surface area contributed by atoms with Gasteiger partial charge in [0.25, 0.3) is 21.6 Å².